The van der Waals surface area contributed by atoms with E-state index in [1.54, 1.807) is 0 Å². The fourth-order valence-electron chi connectivity index (χ4n) is 0.0904. The average molecular weight is 105 g/mol. The van der Waals surface area contributed by atoms with Crippen molar-refractivity contribution in [3.8, 4) is 0 Å². The first-order valence-corrected chi connectivity index (χ1v) is 1.77. The van der Waals surface area contributed by atoms with Crippen LogP contribution in [0.5, 0.6) is 0 Å². The molecule has 2 heteroatoms. The van der Waals surface area contributed by atoms with Crippen molar-refractivity contribution in [1.29, 1.82) is 0 Å². The Morgan fingerprint density at radius 1 is 1.83 bits per heavy atom. The summed E-state index contributed by atoms with van der Waals surface area (Å²) in [4.78, 5) is 0. The van der Waals surface area contributed by atoms with Gasteiger partial charge in [-0.05, 0) is 18.2 Å². The van der Waals surface area contributed by atoms with Crippen LogP contribution in [0.1, 0.15) is 0 Å². The average Bonchev–Trinajstić information content (AvgIpc) is 1.35. The third kappa shape index (κ3) is 3.57. The Balaban J connectivity index is 3.05. The summed E-state index contributed by atoms with van der Waals surface area (Å²) in [7, 11) is 0. The minimum atomic E-state index is 0.144. The Hall–Kier alpha value is -0.430. The molecule has 0 aromatic carbocycles. The molecule has 0 aromatic rings. The van der Waals surface area contributed by atoms with Gasteiger partial charge in [-0.15, -0.1) is 0 Å². The van der Waals surface area contributed by atoms with Crippen molar-refractivity contribution in [2.45, 2.75) is 0 Å². The normalized spacial score (nSPS) is 6.83. The molecule has 0 aromatic heterocycles. The maximum atomic E-state index is 5.09. The van der Waals surface area contributed by atoms with E-state index < -0.39 is 0 Å². The predicted molar refractivity (Wildman–Crippen MR) is 26.3 cm³/mol. The second-order valence-electron chi connectivity index (χ2n) is 0.640. The Bertz CT molecular complexity index is 67.9. The van der Waals surface area contributed by atoms with Gasteiger partial charge in [0.25, 0.3) is 0 Å². The summed E-state index contributed by atoms with van der Waals surface area (Å²) in [5.41, 5.74) is 0. The molecule has 0 aliphatic carbocycles. The van der Waals surface area contributed by atoms with Crippen LogP contribution in [-0.4, -0.2) is 0 Å². The van der Waals surface area contributed by atoms with Crippen LogP contribution >= 0.6 is 11.6 Å². The van der Waals surface area contributed by atoms with Crippen molar-refractivity contribution in [1.82, 2.24) is 0 Å². The number of ether oxygens (including phenoxy) is 1. The molecule has 0 rings (SSSR count). The fourth-order valence-corrected chi connectivity index (χ4v) is 0.153. The molecule has 0 bridgehead atoms. The second kappa shape index (κ2) is 2.79. The molecule has 0 amide bonds. The van der Waals surface area contributed by atoms with E-state index in [0.717, 1.165) is 0 Å². The van der Waals surface area contributed by atoms with Crippen molar-refractivity contribution in [2.24, 2.45) is 0 Å². The zero-order valence-corrected chi connectivity index (χ0v) is 4.03. The highest BCUT2D eigenvalue weighted by molar-refractivity contribution is 6.27. The molecule has 0 spiro atoms. The number of hydrogen-bond donors (Lipinski definition) is 0. The molecule has 0 radical (unpaired) electrons. The van der Waals surface area contributed by atoms with Crippen molar-refractivity contribution in [3.63, 3.8) is 0 Å². The van der Waals surface area contributed by atoms with E-state index >= 15 is 0 Å². The molecule has 0 aliphatic rings. The van der Waals surface area contributed by atoms with Crippen LogP contribution in [0.25, 0.3) is 0 Å². The van der Waals surface area contributed by atoms with Crippen molar-refractivity contribution >= 4 is 11.6 Å². The highest BCUT2D eigenvalue weighted by atomic mass is 35.5. The Kier molecular flexibility index (Phi) is 2.59. The second-order valence-corrected chi connectivity index (χ2v) is 1.06. The molecular weight excluding hydrogens is 99.5 g/mol. The van der Waals surface area contributed by atoms with Gasteiger partial charge in [-0.25, -0.2) is 0 Å². The van der Waals surface area contributed by atoms with Crippen molar-refractivity contribution < 1.29 is 4.74 Å². The van der Waals surface area contributed by atoms with E-state index in [-0.39, 0.29) is 5.22 Å². The Morgan fingerprint density at radius 2 is 2.33 bits per heavy atom. The van der Waals surface area contributed by atoms with Gasteiger partial charge in [-0.1, -0.05) is 6.58 Å². The molecule has 1 nitrogen and oxygen atoms in total. The molecule has 0 saturated carbocycles. The summed E-state index contributed by atoms with van der Waals surface area (Å²) in [5, 5.41) is 0.144. The molecule has 0 fully saturated rings. The largest absolute Gasteiger partial charge is 0.454 e. The first-order chi connectivity index (χ1) is 2.77. The molecule has 6 heavy (non-hydrogen) atoms. The lowest BCUT2D eigenvalue weighted by Crippen LogP contribution is -1.64. The minimum Gasteiger partial charge on any atom is -0.454 e. The van der Waals surface area contributed by atoms with E-state index in [2.05, 4.69) is 17.9 Å². The SMILES string of the molecule is C=COC(=C)Cl. The fraction of sp³-hybridized carbons (Fsp3) is 0. The molecule has 0 heterocycles. The molecule has 0 unspecified atom stereocenters. The summed E-state index contributed by atoms with van der Waals surface area (Å²) in [5.74, 6) is 0. The molecule has 0 aliphatic heterocycles. The minimum absolute atomic E-state index is 0.144. The highest BCUT2D eigenvalue weighted by Crippen LogP contribution is 1.96. The van der Waals surface area contributed by atoms with E-state index in [4.69, 9.17) is 11.6 Å². The van der Waals surface area contributed by atoms with Gasteiger partial charge in [0.15, 0.2) is 5.22 Å². The van der Waals surface area contributed by atoms with Gasteiger partial charge < -0.3 is 4.74 Å². The summed E-state index contributed by atoms with van der Waals surface area (Å²) >= 11 is 5.09. The quantitative estimate of drug-likeness (QED) is 0.486. The summed E-state index contributed by atoms with van der Waals surface area (Å²) in [6.07, 6.45) is 1.22. The highest BCUT2D eigenvalue weighted by Gasteiger charge is 1.73. The monoisotopic (exact) mass is 104 g/mol. The predicted octanol–water partition coefficient (Wildman–Crippen LogP) is 1.86. The van der Waals surface area contributed by atoms with E-state index in [1.807, 2.05) is 0 Å². The number of hydrogen-bond acceptors (Lipinski definition) is 1. The lowest BCUT2D eigenvalue weighted by molar-refractivity contribution is 0.389. The van der Waals surface area contributed by atoms with Crippen LogP contribution in [0.3, 0.4) is 0 Å². The van der Waals surface area contributed by atoms with Crippen LogP contribution in [0.15, 0.2) is 24.6 Å². The molecule has 0 atom stereocenters. The standard InChI is InChI=1S/C4H5ClO/c1-3-6-4(2)5/h3H,1-2H2. The van der Waals surface area contributed by atoms with Crippen LogP contribution < -0.4 is 0 Å². The lowest BCUT2D eigenvalue weighted by Gasteiger charge is -1.87. The number of halogens is 1. The molecule has 0 saturated heterocycles. The van der Waals surface area contributed by atoms with Crippen LogP contribution in [0, 0.1) is 0 Å². The van der Waals surface area contributed by atoms with Gasteiger partial charge in [0, 0.05) is 0 Å². The van der Waals surface area contributed by atoms with Gasteiger partial charge in [0.05, 0.1) is 6.26 Å². The van der Waals surface area contributed by atoms with Gasteiger partial charge in [-0.3, -0.25) is 0 Å². The lowest BCUT2D eigenvalue weighted by atomic mass is 11.1. The van der Waals surface area contributed by atoms with Crippen LogP contribution in [-0.2, 0) is 4.74 Å². The van der Waals surface area contributed by atoms with E-state index in [1.165, 1.54) is 6.26 Å². The van der Waals surface area contributed by atoms with Crippen LogP contribution in [0.4, 0.5) is 0 Å². The maximum absolute atomic E-state index is 5.09. The third-order valence-electron chi connectivity index (χ3n) is 0.211. The van der Waals surface area contributed by atoms with E-state index in [9.17, 15) is 0 Å². The first kappa shape index (κ1) is 5.57. The summed E-state index contributed by atoms with van der Waals surface area (Å²) in [6, 6.07) is 0. The molecular formula is C4H5ClO. The number of rotatable bonds is 2. The maximum Gasteiger partial charge on any atom is 0.185 e. The van der Waals surface area contributed by atoms with Crippen molar-refractivity contribution in [2.75, 3.05) is 0 Å². The van der Waals surface area contributed by atoms with Crippen molar-refractivity contribution in [3.05, 3.63) is 24.6 Å². The Labute approximate surface area is 41.9 Å². The third-order valence-corrected chi connectivity index (χ3v) is 0.300. The summed E-state index contributed by atoms with van der Waals surface area (Å²) in [6.45, 7) is 6.45. The van der Waals surface area contributed by atoms with Crippen LogP contribution in [0.2, 0.25) is 0 Å². The van der Waals surface area contributed by atoms with E-state index in [0.29, 0.717) is 0 Å². The topological polar surface area (TPSA) is 9.23 Å². The van der Waals surface area contributed by atoms with Gasteiger partial charge in [-0.2, -0.15) is 0 Å². The van der Waals surface area contributed by atoms with Gasteiger partial charge in [0.2, 0.25) is 0 Å². The zero-order valence-electron chi connectivity index (χ0n) is 3.28. The Morgan fingerprint density at radius 3 is 2.33 bits per heavy atom. The zero-order chi connectivity index (χ0) is 4.99. The summed E-state index contributed by atoms with van der Waals surface area (Å²) < 4.78 is 4.38. The molecule has 34 valence electrons. The van der Waals surface area contributed by atoms with Gasteiger partial charge >= 0.3 is 0 Å². The molecule has 0 N–H and O–H groups in total. The smallest absolute Gasteiger partial charge is 0.185 e. The van der Waals surface area contributed by atoms with Gasteiger partial charge in [0.1, 0.15) is 0 Å². The first-order valence-electron chi connectivity index (χ1n) is 1.39.